The van der Waals surface area contributed by atoms with Crippen LogP contribution < -0.4 is 0 Å². The van der Waals surface area contributed by atoms with Crippen LogP contribution in [-0.2, 0) is 6.42 Å². The molecule has 5 nitrogen and oxygen atoms in total. The fourth-order valence-corrected chi connectivity index (χ4v) is 5.00. The number of aromatic carboxylic acids is 1. The molecule has 1 aromatic rings. The summed E-state index contributed by atoms with van der Waals surface area (Å²) >= 11 is 1.33. The van der Waals surface area contributed by atoms with E-state index < -0.39 is 18.2 Å². The Labute approximate surface area is 177 Å². The minimum Gasteiger partial charge on any atom is -0.477 e. The Kier molecular flexibility index (Phi) is 9.56. The lowest BCUT2D eigenvalue weighted by atomic mass is 9.87. The van der Waals surface area contributed by atoms with Gasteiger partial charge in [0.1, 0.15) is 4.88 Å². The van der Waals surface area contributed by atoms with E-state index in [4.69, 9.17) is 5.11 Å². The Morgan fingerprint density at radius 1 is 1.28 bits per heavy atom. The molecule has 5 atom stereocenters. The number of allylic oxidation sites excluding steroid dienone is 1. The quantitative estimate of drug-likeness (QED) is 0.401. The van der Waals surface area contributed by atoms with Gasteiger partial charge in [-0.25, -0.2) is 4.79 Å². The molecule has 0 radical (unpaired) electrons. The Morgan fingerprint density at radius 3 is 2.66 bits per heavy atom. The van der Waals surface area contributed by atoms with Crippen LogP contribution in [0.1, 0.15) is 66.9 Å². The summed E-state index contributed by atoms with van der Waals surface area (Å²) in [6, 6.07) is 3.54. The highest BCUT2D eigenvalue weighted by molar-refractivity contribution is 7.13. The summed E-state index contributed by atoms with van der Waals surface area (Å²) in [6.07, 6.45) is 9.89. The van der Waals surface area contributed by atoms with Gasteiger partial charge in [0.15, 0.2) is 0 Å². The zero-order valence-electron chi connectivity index (χ0n) is 17.3. The number of aliphatic hydroxyl groups excluding tert-OH is 3. The highest BCUT2D eigenvalue weighted by Gasteiger charge is 2.36. The Morgan fingerprint density at radius 2 is 2.03 bits per heavy atom. The van der Waals surface area contributed by atoms with E-state index in [9.17, 15) is 20.1 Å². The van der Waals surface area contributed by atoms with E-state index in [1.165, 1.54) is 16.9 Å². The maximum Gasteiger partial charge on any atom is 0.345 e. The van der Waals surface area contributed by atoms with Gasteiger partial charge < -0.3 is 20.4 Å². The number of hydrogen-bond acceptors (Lipinski definition) is 5. The molecule has 1 fully saturated rings. The number of aryl methyl sites for hydroxylation is 1. The first kappa shape index (κ1) is 23.8. The van der Waals surface area contributed by atoms with Crippen molar-refractivity contribution in [1.29, 1.82) is 0 Å². The maximum absolute atomic E-state index is 11.0. The van der Waals surface area contributed by atoms with Gasteiger partial charge in [0.05, 0.1) is 18.3 Å². The van der Waals surface area contributed by atoms with Gasteiger partial charge >= 0.3 is 5.97 Å². The third kappa shape index (κ3) is 7.37. The van der Waals surface area contributed by atoms with Gasteiger partial charge in [-0.3, -0.25) is 0 Å². The minimum absolute atomic E-state index is 0.00877. The number of carboxylic acids is 1. The number of hydrogen-bond donors (Lipinski definition) is 4. The summed E-state index contributed by atoms with van der Waals surface area (Å²) in [5.74, 6) is -0.645. The summed E-state index contributed by atoms with van der Waals surface area (Å²) < 4.78 is 0. The number of carboxylic acid groups (broad SMARTS) is 1. The molecule has 1 aliphatic carbocycles. The topological polar surface area (TPSA) is 98.0 Å². The molecule has 0 amide bonds. The Balaban J connectivity index is 1.91. The zero-order chi connectivity index (χ0) is 21.4. The average Bonchev–Trinajstić information content (AvgIpc) is 3.25. The molecule has 0 aliphatic heterocycles. The molecule has 0 bridgehead atoms. The van der Waals surface area contributed by atoms with E-state index >= 15 is 0 Å². The molecular weight excluding hydrogens is 388 g/mol. The van der Waals surface area contributed by atoms with Gasteiger partial charge in [0, 0.05) is 10.8 Å². The van der Waals surface area contributed by atoms with Crippen LogP contribution in [-0.4, -0.2) is 44.7 Å². The van der Waals surface area contributed by atoms with Crippen LogP contribution in [0.5, 0.6) is 0 Å². The second-order valence-corrected chi connectivity index (χ2v) is 9.18. The van der Waals surface area contributed by atoms with Gasteiger partial charge in [0.2, 0.25) is 0 Å². The minimum atomic E-state index is -0.881. The summed E-state index contributed by atoms with van der Waals surface area (Å²) in [5, 5.41) is 39.1. The summed E-state index contributed by atoms with van der Waals surface area (Å²) in [5.41, 5.74) is 1.26. The molecule has 4 N–H and O–H groups in total. The fraction of sp³-hybridized carbons (Fsp3) is 0.609. The highest BCUT2D eigenvalue weighted by atomic mass is 32.1. The molecule has 2 rings (SSSR count). The lowest BCUT2D eigenvalue weighted by molar-refractivity contribution is 0.0702. The first-order chi connectivity index (χ1) is 13.8. The van der Waals surface area contributed by atoms with Gasteiger partial charge in [-0.15, -0.1) is 11.3 Å². The molecule has 1 aliphatic rings. The maximum atomic E-state index is 11.0. The Hall–Kier alpha value is -1.47. The first-order valence-corrected chi connectivity index (χ1v) is 11.3. The average molecular weight is 423 g/mol. The molecule has 6 heteroatoms. The normalized spacial score (nSPS) is 25.7. The molecule has 0 aromatic carbocycles. The molecule has 162 valence electrons. The SMILES string of the molecule is C/C=C1\C[C@@H](O)[C@H](/C=C/[C@@H](O)CCC[C@@H](C)O)[C@H]1CCCc1ccc(C(=O)O)s1. The molecule has 1 aromatic heterocycles. The zero-order valence-corrected chi connectivity index (χ0v) is 18.1. The summed E-state index contributed by atoms with van der Waals surface area (Å²) in [6.45, 7) is 3.75. The van der Waals surface area contributed by atoms with E-state index in [1.54, 1.807) is 19.1 Å². The van der Waals surface area contributed by atoms with Gasteiger partial charge in [0.25, 0.3) is 0 Å². The van der Waals surface area contributed by atoms with Crippen LogP contribution in [0, 0.1) is 11.8 Å². The van der Waals surface area contributed by atoms with Crippen molar-refractivity contribution in [2.24, 2.45) is 11.8 Å². The molecule has 0 saturated heterocycles. The standard InChI is InChI=1S/C23H34O5S/c1-3-16-14-21(26)20(12-10-17(25)7-4-6-15(2)24)19(16)9-5-8-18-11-13-22(29-18)23(27)28/h3,10-13,15,17,19-21,24-26H,4-9,14H2,1-2H3,(H,27,28)/b12-10+,16-3+/t15-,17+,19+,20-,21-/m1/s1. The predicted molar refractivity (Wildman–Crippen MR) is 116 cm³/mol. The van der Waals surface area contributed by atoms with Crippen molar-refractivity contribution in [3.8, 4) is 0 Å². The van der Waals surface area contributed by atoms with Crippen molar-refractivity contribution >= 4 is 17.3 Å². The van der Waals surface area contributed by atoms with Gasteiger partial charge in [-0.1, -0.05) is 23.8 Å². The lowest BCUT2D eigenvalue weighted by Gasteiger charge is -2.20. The van der Waals surface area contributed by atoms with Gasteiger partial charge in [-0.2, -0.15) is 0 Å². The van der Waals surface area contributed by atoms with Crippen molar-refractivity contribution in [2.45, 2.75) is 77.1 Å². The van der Waals surface area contributed by atoms with Crippen molar-refractivity contribution < 1.29 is 25.2 Å². The van der Waals surface area contributed by atoms with Crippen molar-refractivity contribution in [3.05, 3.63) is 45.7 Å². The molecule has 1 heterocycles. The summed E-state index contributed by atoms with van der Waals surface area (Å²) in [4.78, 5) is 12.5. The van der Waals surface area contributed by atoms with Crippen molar-refractivity contribution in [3.63, 3.8) is 0 Å². The lowest BCUT2D eigenvalue weighted by Crippen LogP contribution is -2.18. The van der Waals surface area contributed by atoms with E-state index in [-0.39, 0.29) is 17.9 Å². The van der Waals surface area contributed by atoms with E-state index in [0.29, 0.717) is 24.1 Å². The summed E-state index contributed by atoms with van der Waals surface area (Å²) in [7, 11) is 0. The van der Waals surface area contributed by atoms with Crippen LogP contribution in [0.4, 0.5) is 0 Å². The number of aliphatic hydroxyl groups is 3. The molecule has 0 spiro atoms. The van der Waals surface area contributed by atoms with E-state index in [1.807, 2.05) is 19.1 Å². The first-order valence-electron chi connectivity index (χ1n) is 10.5. The van der Waals surface area contributed by atoms with Crippen LogP contribution >= 0.6 is 11.3 Å². The largest absolute Gasteiger partial charge is 0.477 e. The molecule has 29 heavy (non-hydrogen) atoms. The number of thiophene rings is 1. The number of rotatable bonds is 11. The number of carbonyl (C=O) groups is 1. The van der Waals surface area contributed by atoms with E-state index in [2.05, 4.69) is 6.08 Å². The van der Waals surface area contributed by atoms with E-state index in [0.717, 1.165) is 30.6 Å². The molecule has 0 unspecified atom stereocenters. The van der Waals surface area contributed by atoms with Crippen LogP contribution in [0.15, 0.2) is 35.9 Å². The van der Waals surface area contributed by atoms with Crippen molar-refractivity contribution in [1.82, 2.24) is 0 Å². The van der Waals surface area contributed by atoms with Crippen LogP contribution in [0.25, 0.3) is 0 Å². The third-order valence-electron chi connectivity index (χ3n) is 5.69. The fourth-order valence-electron chi connectivity index (χ4n) is 4.12. The van der Waals surface area contributed by atoms with Crippen molar-refractivity contribution in [2.75, 3.05) is 0 Å². The Bertz CT molecular complexity index is 706. The van der Waals surface area contributed by atoms with Crippen LogP contribution in [0.2, 0.25) is 0 Å². The second-order valence-electron chi connectivity index (χ2n) is 8.01. The smallest absolute Gasteiger partial charge is 0.345 e. The predicted octanol–water partition coefficient (Wildman–Crippen LogP) is 4.18. The van der Waals surface area contributed by atoms with Gasteiger partial charge in [-0.05, 0) is 76.8 Å². The third-order valence-corrected chi connectivity index (χ3v) is 6.82. The molecule has 1 saturated carbocycles. The van der Waals surface area contributed by atoms with Crippen LogP contribution in [0.3, 0.4) is 0 Å². The second kappa shape index (κ2) is 11.6. The molecular formula is C23H34O5S. The highest BCUT2D eigenvalue weighted by Crippen LogP contribution is 2.41. The monoisotopic (exact) mass is 422 g/mol.